The molecule has 1 aliphatic rings. The Morgan fingerprint density at radius 1 is 1.15 bits per heavy atom. The Kier molecular flexibility index (Phi) is 6.50. The number of hydrogen-bond donors (Lipinski definition) is 2. The first-order valence-corrected chi connectivity index (χ1v) is 10.3. The molecule has 2 N–H and O–H groups in total. The van der Waals surface area contributed by atoms with Crippen LogP contribution in [-0.4, -0.2) is 24.0 Å². The van der Waals surface area contributed by atoms with E-state index in [1.165, 1.54) is 24.2 Å². The molecule has 1 aliphatic carbocycles. The van der Waals surface area contributed by atoms with Crippen molar-refractivity contribution in [1.29, 1.82) is 0 Å². The summed E-state index contributed by atoms with van der Waals surface area (Å²) in [6, 6.07) is 10.4. The number of hydrogen-bond acceptors (Lipinski definition) is 4. The zero-order valence-electron chi connectivity index (χ0n) is 15.7. The molecule has 3 rings (SSSR count). The second-order valence-electron chi connectivity index (χ2n) is 7.21. The van der Waals surface area contributed by atoms with Gasteiger partial charge >= 0.3 is 0 Å². The molecule has 1 unspecified atom stereocenters. The van der Waals surface area contributed by atoms with Crippen LogP contribution in [0.4, 0.5) is 5.69 Å². The fourth-order valence-electron chi connectivity index (χ4n) is 3.22. The number of thiophene rings is 1. The Bertz CT molecular complexity index is 767. The Morgan fingerprint density at radius 3 is 2.59 bits per heavy atom. The summed E-state index contributed by atoms with van der Waals surface area (Å²) < 4.78 is 6.00. The van der Waals surface area contributed by atoms with Gasteiger partial charge in [-0.15, -0.1) is 11.3 Å². The van der Waals surface area contributed by atoms with Gasteiger partial charge in [-0.1, -0.05) is 26.0 Å². The molecule has 144 valence electrons. The van der Waals surface area contributed by atoms with Crippen molar-refractivity contribution in [2.45, 2.75) is 51.7 Å². The highest BCUT2D eigenvalue weighted by Gasteiger charge is 2.25. The third-order valence-electron chi connectivity index (χ3n) is 4.69. The molecule has 27 heavy (non-hydrogen) atoms. The van der Waals surface area contributed by atoms with E-state index in [-0.39, 0.29) is 23.8 Å². The quantitative estimate of drug-likeness (QED) is 0.738. The summed E-state index contributed by atoms with van der Waals surface area (Å²) in [5.74, 6) is 0.278. The number of benzene rings is 1. The van der Waals surface area contributed by atoms with E-state index in [1.807, 2.05) is 49.6 Å². The highest BCUT2D eigenvalue weighted by molar-refractivity contribution is 7.12. The molecule has 1 aromatic heterocycles. The summed E-state index contributed by atoms with van der Waals surface area (Å²) in [4.78, 5) is 25.7. The molecule has 2 aromatic rings. The molecule has 0 bridgehead atoms. The lowest BCUT2D eigenvalue weighted by atomic mass is 10.0. The molecular weight excluding hydrogens is 360 g/mol. The SMILES string of the molecule is CC(C)C(NC(=O)c1cccs1)C(=O)Nc1cccc(OC2CCCC2)c1. The fraction of sp³-hybridized carbons (Fsp3) is 0.429. The summed E-state index contributed by atoms with van der Waals surface area (Å²) in [6.07, 6.45) is 4.86. The summed E-state index contributed by atoms with van der Waals surface area (Å²) >= 11 is 1.36. The number of carbonyl (C=O) groups is 2. The van der Waals surface area contributed by atoms with Crippen molar-refractivity contribution in [2.75, 3.05) is 5.32 Å². The summed E-state index contributed by atoms with van der Waals surface area (Å²) in [7, 11) is 0. The molecule has 1 fully saturated rings. The Balaban J connectivity index is 1.63. The van der Waals surface area contributed by atoms with Crippen molar-refractivity contribution >= 4 is 28.8 Å². The van der Waals surface area contributed by atoms with E-state index in [1.54, 1.807) is 6.07 Å². The molecule has 1 heterocycles. The van der Waals surface area contributed by atoms with E-state index >= 15 is 0 Å². The minimum absolute atomic E-state index is 0.0353. The van der Waals surface area contributed by atoms with Gasteiger partial charge in [0.2, 0.25) is 5.91 Å². The number of anilines is 1. The molecule has 6 heteroatoms. The monoisotopic (exact) mass is 386 g/mol. The Hall–Kier alpha value is -2.34. The van der Waals surface area contributed by atoms with Crippen molar-refractivity contribution < 1.29 is 14.3 Å². The fourth-order valence-corrected chi connectivity index (χ4v) is 3.85. The van der Waals surface area contributed by atoms with E-state index < -0.39 is 6.04 Å². The number of amides is 2. The van der Waals surface area contributed by atoms with Gasteiger partial charge in [-0.05, 0) is 55.2 Å². The Labute approximate surface area is 164 Å². The van der Waals surface area contributed by atoms with Crippen molar-refractivity contribution in [3.63, 3.8) is 0 Å². The van der Waals surface area contributed by atoms with Crippen LogP contribution in [0.15, 0.2) is 41.8 Å². The standard InChI is InChI=1S/C21H26N2O3S/c1-14(2)19(23-20(24)18-11-6-12-27-18)21(25)22-15-7-5-10-17(13-15)26-16-8-3-4-9-16/h5-7,10-14,16,19H,3-4,8-9H2,1-2H3,(H,22,25)(H,23,24). The highest BCUT2D eigenvalue weighted by Crippen LogP contribution is 2.26. The smallest absolute Gasteiger partial charge is 0.262 e. The van der Waals surface area contributed by atoms with E-state index in [0.717, 1.165) is 18.6 Å². The molecular formula is C21H26N2O3S. The number of nitrogens with one attached hydrogen (secondary N) is 2. The average molecular weight is 387 g/mol. The minimum atomic E-state index is -0.612. The van der Waals surface area contributed by atoms with Gasteiger partial charge in [0.15, 0.2) is 0 Å². The van der Waals surface area contributed by atoms with Crippen LogP contribution in [0.1, 0.15) is 49.2 Å². The van der Waals surface area contributed by atoms with Crippen LogP contribution in [0, 0.1) is 5.92 Å². The summed E-state index contributed by atoms with van der Waals surface area (Å²) in [5, 5.41) is 7.59. The van der Waals surface area contributed by atoms with Crippen LogP contribution < -0.4 is 15.4 Å². The van der Waals surface area contributed by atoms with Crippen molar-refractivity contribution in [3.05, 3.63) is 46.7 Å². The van der Waals surface area contributed by atoms with Gasteiger partial charge in [0.25, 0.3) is 5.91 Å². The molecule has 1 aromatic carbocycles. The van der Waals surface area contributed by atoms with Gasteiger partial charge in [-0.3, -0.25) is 9.59 Å². The molecule has 2 amide bonds. The maximum absolute atomic E-state index is 12.8. The van der Waals surface area contributed by atoms with Gasteiger partial charge in [0.05, 0.1) is 11.0 Å². The maximum atomic E-state index is 12.8. The number of ether oxygens (including phenoxy) is 1. The van der Waals surface area contributed by atoms with E-state index in [0.29, 0.717) is 10.6 Å². The first-order valence-electron chi connectivity index (χ1n) is 9.45. The van der Waals surface area contributed by atoms with E-state index in [9.17, 15) is 9.59 Å². The molecule has 0 spiro atoms. The van der Waals surface area contributed by atoms with Crippen molar-refractivity contribution in [1.82, 2.24) is 5.32 Å². The molecule has 1 saturated carbocycles. The van der Waals surface area contributed by atoms with Gasteiger partial charge in [0, 0.05) is 11.8 Å². The van der Waals surface area contributed by atoms with Gasteiger partial charge in [0.1, 0.15) is 11.8 Å². The van der Waals surface area contributed by atoms with E-state index in [4.69, 9.17) is 4.74 Å². The zero-order chi connectivity index (χ0) is 19.2. The van der Waals surface area contributed by atoms with Crippen LogP contribution >= 0.6 is 11.3 Å². The first-order chi connectivity index (χ1) is 13.0. The van der Waals surface area contributed by atoms with Crippen LogP contribution in [-0.2, 0) is 4.79 Å². The minimum Gasteiger partial charge on any atom is -0.490 e. The van der Waals surface area contributed by atoms with Crippen molar-refractivity contribution in [2.24, 2.45) is 5.92 Å². The third-order valence-corrected chi connectivity index (χ3v) is 5.56. The van der Waals surface area contributed by atoms with Crippen molar-refractivity contribution in [3.8, 4) is 5.75 Å². The van der Waals surface area contributed by atoms with Gasteiger partial charge in [-0.25, -0.2) is 0 Å². The normalized spacial score (nSPS) is 15.5. The number of carbonyl (C=O) groups excluding carboxylic acids is 2. The van der Waals surface area contributed by atoms with E-state index in [2.05, 4.69) is 10.6 Å². The molecule has 1 atom stereocenters. The highest BCUT2D eigenvalue weighted by atomic mass is 32.1. The first kappa shape index (κ1) is 19.4. The second-order valence-corrected chi connectivity index (χ2v) is 8.16. The van der Waals surface area contributed by atoms with Crippen LogP contribution in [0.2, 0.25) is 0 Å². The second kappa shape index (κ2) is 9.04. The summed E-state index contributed by atoms with van der Waals surface area (Å²) in [5.41, 5.74) is 0.673. The largest absolute Gasteiger partial charge is 0.490 e. The zero-order valence-corrected chi connectivity index (χ0v) is 16.6. The predicted octanol–water partition coefficient (Wildman–Crippen LogP) is 4.46. The predicted molar refractivity (Wildman–Crippen MR) is 108 cm³/mol. The Morgan fingerprint density at radius 2 is 1.93 bits per heavy atom. The van der Waals surface area contributed by atoms with Gasteiger partial charge < -0.3 is 15.4 Å². The third kappa shape index (κ3) is 5.32. The molecule has 0 radical (unpaired) electrons. The summed E-state index contributed by atoms with van der Waals surface area (Å²) in [6.45, 7) is 3.83. The lowest BCUT2D eigenvalue weighted by molar-refractivity contribution is -0.118. The topological polar surface area (TPSA) is 67.4 Å². The van der Waals surface area contributed by atoms with Gasteiger partial charge in [-0.2, -0.15) is 0 Å². The average Bonchev–Trinajstić information content (AvgIpc) is 3.33. The number of rotatable bonds is 7. The van der Waals surface area contributed by atoms with Crippen LogP contribution in [0.3, 0.4) is 0 Å². The molecule has 0 aliphatic heterocycles. The lowest BCUT2D eigenvalue weighted by Gasteiger charge is -2.22. The lowest BCUT2D eigenvalue weighted by Crippen LogP contribution is -2.46. The van der Waals surface area contributed by atoms with Crippen LogP contribution in [0.5, 0.6) is 5.75 Å². The van der Waals surface area contributed by atoms with Crippen LogP contribution in [0.25, 0.3) is 0 Å². The molecule has 5 nitrogen and oxygen atoms in total. The molecule has 0 saturated heterocycles. The maximum Gasteiger partial charge on any atom is 0.262 e.